The van der Waals surface area contributed by atoms with E-state index in [0.717, 1.165) is 34.0 Å². The molecular formula is C25H25N5O2S. The third-order valence-corrected chi connectivity index (χ3v) is 5.99. The zero-order valence-corrected chi connectivity index (χ0v) is 19.9. The van der Waals surface area contributed by atoms with Crippen LogP contribution in [0.2, 0.25) is 0 Å². The van der Waals surface area contributed by atoms with Gasteiger partial charge in [0, 0.05) is 11.8 Å². The summed E-state index contributed by atoms with van der Waals surface area (Å²) in [6, 6.07) is 16.5. The standard InChI is InChI=1S/C25H25N5O2S/c1-25(2,3)32-24(31)29-14-19-20(15-29)30(21-11-12-26-23(28-21)33-4)22(27-19)18-10-9-16-7-5-6-8-17(16)13-18/h5-13H,14-15H2,1-4H3. The minimum absolute atomic E-state index is 0.341. The fourth-order valence-corrected chi connectivity index (χ4v) is 4.34. The molecule has 33 heavy (non-hydrogen) atoms. The van der Waals surface area contributed by atoms with Crippen molar-refractivity contribution in [3.63, 3.8) is 0 Å². The van der Waals surface area contributed by atoms with Gasteiger partial charge in [-0.2, -0.15) is 0 Å². The lowest BCUT2D eigenvalue weighted by Crippen LogP contribution is -2.33. The molecule has 1 amide bonds. The molecule has 4 aromatic rings. The van der Waals surface area contributed by atoms with E-state index in [2.05, 4.69) is 35.3 Å². The summed E-state index contributed by atoms with van der Waals surface area (Å²) in [4.78, 5) is 28.4. The quantitative estimate of drug-likeness (QED) is 0.299. The van der Waals surface area contributed by atoms with Gasteiger partial charge in [-0.25, -0.2) is 19.7 Å². The van der Waals surface area contributed by atoms with Gasteiger partial charge in [0.1, 0.15) is 17.2 Å². The molecule has 0 atom stereocenters. The zero-order chi connectivity index (χ0) is 23.2. The lowest BCUT2D eigenvalue weighted by Gasteiger charge is -2.24. The lowest BCUT2D eigenvalue weighted by atomic mass is 10.1. The van der Waals surface area contributed by atoms with Crippen LogP contribution in [-0.2, 0) is 17.8 Å². The molecule has 3 heterocycles. The van der Waals surface area contributed by atoms with E-state index >= 15 is 0 Å². The Morgan fingerprint density at radius 3 is 2.58 bits per heavy atom. The summed E-state index contributed by atoms with van der Waals surface area (Å²) in [5.74, 6) is 1.54. The molecule has 8 heteroatoms. The Morgan fingerprint density at radius 1 is 1.03 bits per heavy atom. The van der Waals surface area contributed by atoms with Gasteiger partial charge in [-0.15, -0.1) is 0 Å². The van der Waals surface area contributed by atoms with Gasteiger partial charge in [0.2, 0.25) is 0 Å². The smallest absolute Gasteiger partial charge is 0.410 e. The number of imidazole rings is 1. The van der Waals surface area contributed by atoms with E-state index in [9.17, 15) is 4.79 Å². The fourth-order valence-electron chi connectivity index (χ4n) is 3.98. The third-order valence-electron chi connectivity index (χ3n) is 5.43. The molecule has 1 aliphatic heterocycles. The summed E-state index contributed by atoms with van der Waals surface area (Å²) in [5, 5.41) is 3.00. The number of fused-ring (bicyclic) bond motifs is 2. The normalized spacial score (nSPS) is 13.4. The zero-order valence-electron chi connectivity index (χ0n) is 19.1. The maximum absolute atomic E-state index is 12.7. The van der Waals surface area contributed by atoms with Crippen LogP contribution in [0.3, 0.4) is 0 Å². The summed E-state index contributed by atoms with van der Waals surface area (Å²) in [6.45, 7) is 6.42. The molecule has 168 valence electrons. The molecule has 7 nitrogen and oxygen atoms in total. The summed E-state index contributed by atoms with van der Waals surface area (Å²) in [5.41, 5.74) is 2.24. The van der Waals surface area contributed by atoms with E-state index in [1.807, 2.05) is 49.8 Å². The summed E-state index contributed by atoms with van der Waals surface area (Å²) < 4.78 is 7.64. The second-order valence-corrected chi connectivity index (χ2v) is 9.74. The number of amides is 1. The summed E-state index contributed by atoms with van der Waals surface area (Å²) in [7, 11) is 0. The second kappa shape index (κ2) is 8.19. The Hall–Kier alpha value is -3.39. The van der Waals surface area contributed by atoms with Crippen LogP contribution in [0.25, 0.3) is 28.0 Å². The number of nitrogens with zero attached hydrogens (tertiary/aromatic N) is 5. The van der Waals surface area contributed by atoms with Gasteiger partial charge in [0.25, 0.3) is 0 Å². The first-order valence-electron chi connectivity index (χ1n) is 10.8. The average molecular weight is 460 g/mol. The molecule has 5 rings (SSSR count). The van der Waals surface area contributed by atoms with Crippen LogP contribution in [0.4, 0.5) is 4.79 Å². The highest BCUT2D eigenvalue weighted by atomic mass is 32.2. The van der Waals surface area contributed by atoms with Crippen molar-refractivity contribution < 1.29 is 9.53 Å². The van der Waals surface area contributed by atoms with Crippen molar-refractivity contribution in [1.82, 2.24) is 24.4 Å². The number of aromatic nitrogens is 4. The van der Waals surface area contributed by atoms with Gasteiger partial charge in [-0.1, -0.05) is 48.2 Å². The molecule has 2 aromatic heterocycles. The minimum Gasteiger partial charge on any atom is -0.444 e. The average Bonchev–Trinajstić information content (AvgIpc) is 3.36. The summed E-state index contributed by atoms with van der Waals surface area (Å²) >= 11 is 1.49. The highest BCUT2D eigenvalue weighted by Crippen LogP contribution is 2.33. The van der Waals surface area contributed by atoms with Gasteiger partial charge in [-0.3, -0.25) is 9.47 Å². The van der Waals surface area contributed by atoms with Gasteiger partial charge in [0.15, 0.2) is 5.16 Å². The van der Waals surface area contributed by atoms with Crippen LogP contribution in [0, 0.1) is 0 Å². The first-order chi connectivity index (χ1) is 15.8. The van der Waals surface area contributed by atoms with E-state index in [1.165, 1.54) is 17.1 Å². The minimum atomic E-state index is -0.552. The Morgan fingerprint density at radius 2 is 1.82 bits per heavy atom. The largest absolute Gasteiger partial charge is 0.444 e. The predicted octanol–water partition coefficient (Wildman–Crippen LogP) is 5.46. The van der Waals surface area contributed by atoms with Crippen molar-refractivity contribution in [3.05, 3.63) is 66.1 Å². The third kappa shape index (κ3) is 4.18. The lowest BCUT2D eigenvalue weighted by molar-refractivity contribution is 0.0238. The van der Waals surface area contributed by atoms with Crippen molar-refractivity contribution in [2.24, 2.45) is 0 Å². The highest BCUT2D eigenvalue weighted by Gasteiger charge is 2.33. The van der Waals surface area contributed by atoms with E-state index in [1.54, 1.807) is 11.1 Å². The van der Waals surface area contributed by atoms with Crippen LogP contribution in [-0.4, -0.2) is 42.4 Å². The molecule has 1 aliphatic rings. The molecule has 0 unspecified atom stereocenters. The van der Waals surface area contributed by atoms with Crippen molar-refractivity contribution in [2.75, 3.05) is 6.26 Å². The molecule has 0 aliphatic carbocycles. The SMILES string of the molecule is CSc1nccc(-n2c(-c3ccc4ccccc4c3)nc3c2CN(C(=O)OC(C)(C)C)C3)n1. The maximum atomic E-state index is 12.7. The van der Waals surface area contributed by atoms with Crippen LogP contribution >= 0.6 is 11.8 Å². The molecule has 0 spiro atoms. The second-order valence-electron chi connectivity index (χ2n) is 8.96. The van der Waals surface area contributed by atoms with Gasteiger partial charge < -0.3 is 4.74 Å². The van der Waals surface area contributed by atoms with E-state index in [0.29, 0.717) is 18.2 Å². The molecule has 0 saturated heterocycles. The molecule has 0 saturated carbocycles. The monoisotopic (exact) mass is 459 g/mol. The molecule has 2 aromatic carbocycles. The van der Waals surface area contributed by atoms with Crippen LogP contribution in [0.15, 0.2) is 59.9 Å². The van der Waals surface area contributed by atoms with E-state index in [4.69, 9.17) is 14.7 Å². The Bertz CT molecular complexity index is 1360. The van der Waals surface area contributed by atoms with Crippen LogP contribution in [0.1, 0.15) is 32.2 Å². The number of carbonyl (C=O) groups is 1. The van der Waals surface area contributed by atoms with Crippen molar-refractivity contribution in [1.29, 1.82) is 0 Å². The maximum Gasteiger partial charge on any atom is 0.410 e. The Balaban J connectivity index is 1.61. The topological polar surface area (TPSA) is 73.1 Å². The highest BCUT2D eigenvalue weighted by molar-refractivity contribution is 7.98. The van der Waals surface area contributed by atoms with Gasteiger partial charge in [-0.05, 0) is 49.9 Å². The number of carbonyl (C=O) groups excluding carboxylic acids is 1. The van der Waals surface area contributed by atoms with Crippen molar-refractivity contribution in [3.8, 4) is 17.2 Å². The van der Waals surface area contributed by atoms with E-state index < -0.39 is 5.60 Å². The first kappa shape index (κ1) is 21.5. The van der Waals surface area contributed by atoms with Gasteiger partial charge in [0.05, 0.1) is 24.5 Å². The molecule has 0 N–H and O–H groups in total. The van der Waals surface area contributed by atoms with Crippen LogP contribution < -0.4 is 0 Å². The Kier molecular flexibility index (Phi) is 5.32. The Labute approximate surface area is 196 Å². The number of ether oxygens (including phenoxy) is 1. The molecule has 0 radical (unpaired) electrons. The van der Waals surface area contributed by atoms with E-state index in [-0.39, 0.29) is 6.09 Å². The number of thioether (sulfide) groups is 1. The number of hydrogen-bond donors (Lipinski definition) is 0. The van der Waals surface area contributed by atoms with Crippen LogP contribution in [0.5, 0.6) is 0 Å². The van der Waals surface area contributed by atoms with Crippen molar-refractivity contribution in [2.45, 2.75) is 44.6 Å². The molecular weight excluding hydrogens is 434 g/mol. The molecule has 0 fully saturated rings. The predicted molar refractivity (Wildman–Crippen MR) is 129 cm³/mol. The number of benzene rings is 2. The number of hydrogen-bond acceptors (Lipinski definition) is 6. The number of rotatable bonds is 3. The van der Waals surface area contributed by atoms with Crippen molar-refractivity contribution >= 4 is 28.6 Å². The first-order valence-corrected chi connectivity index (χ1v) is 12.0. The van der Waals surface area contributed by atoms with Gasteiger partial charge >= 0.3 is 6.09 Å². The molecule has 0 bridgehead atoms. The fraction of sp³-hybridized carbons (Fsp3) is 0.280. The summed E-state index contributed by atoms with van der Waals surface area (Å²) in [6.07, 6.45) is 3.36.